The third-order valence-electron chi connectivity index (χ3n) is 9.38. The third-order valence-corrected chi connectivity index (χ3v) is 9.38. The van der Waals surface area contributed by atoms with Crippen molar-refractivity contribution in [3.63, 3.8) is 0 Å². The molecule has 0 radical (unpaired) electrons. The van der Waals surface area contributed by atoms with E-state index in [4.69, 9.17) is 28.4 Å². The average Bonchev–Trinajstić information content (AvgIpc) is 3.52. The summed E-state index contributed by atoms with van der Waals surface area (Å²) in [5.74, 6) is -3.54. The van der Waals surface area contributed by atoms with Crippen LogP contribution in [0, 0.1) is 5.41 Å². The van der Waals surface area contributed by atoms with Crippen LogP contribution < -0.4 is 0 Å². The highest BCUT2D eigenvalue weighted by atomic mass is 19.4. The van der Waals surface area contributed by atoms with Crippen molar-refractivity contribution in [2.45, 2.75) is 152 Å². The van der Waals surface area contributed by atoms with Gasteiger partial charge in [-0.15, -0.1) is 0 Å². The van der Waals surface area contributed by atoms with Gasteiger partial charge in [-0.3, -0.25) is 9.59 Å². The van der Waals surface area contributed by atoms with Crippen LogP contribution in [0.5, 0.6) is 0 Å². The Balaban J connectivity index is 2.00. The van der Waals surface area contributed by atoms with Gasteiger partial charge in [0.2, 0.25) is 0 Å². The smallest absolute Gasteiger partial charge is 0.428 e. The number of alkyl halides is 9. The van der Waals surface area contributed by atoms with Crippen LogP contribution in [-0.4, -0.2) is 112 Å². The molecular formula is C30H39F9O11. The molecule has 3 heterocycles. The van der Waals surface area contributed by atoms with Gasteiger partial charge in [-0.1, -0.05) is 6.58 Å². The molecule has 20 heteroatoms. The number of fused-ring (bicyclic) bond motifs is 1. The van der Waals surface area contributed by atoms with Crippen molar-refractivity contribution in [1.29, 1.82) is 0 Å². The lowest BCUT2D eigenvalue weighted by atomic mass is 9.74. The molecule has 3 aliphatic rings. The molecule has 3 saturated heterocycles. The maximum absolute atomic E-state index is 13.9. The number of ether oxygens (including phenoxy) is 6. The van der Waals surface area contributed by atoms with Gasteiger partial charge in [-0.05, 0) is 55.4 Å². The molecule has 2 bridgehead atoms. The molecule has 50 heavy (non-hydrogen) atoms. The lowest BCUT2D eigenvalue weighted by molar-refractivity contribution is -0.400. The Morgan fingerprint density at radius 1 is 0.920 bits per heavy atom. The Hall–Kier alpha value is -2.68. The van der Waals surface area contributed by atoms with E-state index in [0.29, 0.717) is 6.92 Å². The van der Waals surface area contributed by atoms with Crippen molar-refractivity contribution in [3.8, 4) is 0 Å². The second-order valence-electron chi connectivity index (χ2n) is 14.2. The maximum Gasteiger partial charge on any atom is 0.428 e. The van der Waals surface area contributed by atoms with Crippen LogP contribution in [0.4, 0.5) is 39.5 Å². The molecular weight excluding hydrogens is 707 g/mol. The molecule has 0 aliphatic carbocycles. The van der Waals surface area contributed by atoms with Gasteiger partial charge in [-0.25, -0.2) is 4.79 Å². The van der Waals surface area contributed by atoms with Crippen molar-refractivity contribution >= 4 is 17.9 Å². The predicted molar refractivity (Wildman–Crippen MR) is 148 cm³/mol. The number of aliphatic hydroxyl groups is 2. The Labute approximate surface area is 280 Å². The van der Waals surface area contributed by atoms with E-state index in [2.05, 4.69) is 6.58 Å². The fourth-order valence-electron chi connectivity index (χ4n) is 6.15. The number of halogens is 9. The molecule has 3 aliphatic heterocycles. The van der Waals surface area contributed by atoms with E-state index >= 15 is 0 Å². The van der Waals surface area contributed by atoms with Crippen molar-refractivity contribution in [3.05, 3.63) is 12.2 Å². The SMILES string of the molecule is C=C(C)C(=O)OC1C2CC3(C(=O)OC(CC(C)(C)OC(C)C(C)(O)C(F)(F)F)C(C)(C)OC(C)C(O)(C(F)(F)F)C(F)(F)F)C(=O)OC1C3O2. The summed E-state index contributed by atoms with van der Waals surface area (Å²) in [5, 5.41) is 20.0. The minimum Gasteiger partial charge on any atom is -0.458 e. The molecule has 0 aromatic carbocycles. The van der Waals surface area contributed by atoms with Gasteiger partial charge in [0.05, 0.1) is 11.7 Å². The number of carbonyl (C=O) groups is 3. The molecule has 0 amide bonds. The number of hydrogen-bond donors (Lipinski definition) is 2. The van der Waals surface area contributed by atoms with Crippen LogP contribution in [0.25, 0.3) is 0 Å². The van der Waals surface area contributed by atoms with E-state index in [1.54, 1.807) is 0 Å². The number of rotatable bonds is 13. The average molecular weight is 747 g/mol. The van der Waals surface area contributed by atoms with E-state index in [1.807, 2.05) is 0 Å². The van der Waals surface area contributed by atoms with Crippen LogP contribution in [0.2, 0.25) is 0 Å². The van der Waals surface area contributed by atoms with Crippen molar-refractivity contribution < 1.29 is 92.5 Å². The molecule has 11 nitrogen and oxygen atoms in total. The summed E-state index contributed by atoms with van der Waals surface area (Å²) >= 11 is 0. The molecule has 3 rings (SSSR count). The van der Waals surface area contributed by atoms with E-state index in [9.17, 15) is 64.1 Å². The molecule has 9 atom stereocenters. The fourth-order valence-corrected chi connectivity index (χ4v) is 6.15. The molecule has 0 saturated carbocycles. The summed E-state index contributed by atoms with van der Waals surface area (Å²) in [6.07, 6.45) is -31.4. The van der Waals surface area contributed by atoms with Gasteiger partial charge >= 0.3 is 36.4 Å². The quantitative estimate of drug-likeness (QED) is 0.0910. The fraction of sp³-hybridized carbons (Fsp3) is 0.833. The highest BCUT2D eigenvalue weighted by Gasteiger charge is 2.78. The summed E-state index contributed by atoms with van der Waals surface area (Å²) in [5.41, 5.74) is -15.6. The van der Waals surface area contributed by atoms with Crippen LogP contribution in [0.1, 0.15) is 68.2 Å². The van der Waals surface area contributed by atoms with Crippen LogP contribution in [0.15, 0.2) is 12.2 Å². The lowest BCUT2D eigenvalue weighted by Gasteiger charge is -2.45. The topological polar surface area (TPSA) is 147 Å². The van der Waals surface area contributed by atoms with Gasteiger partial charge in [0, 0.05) is 18.4 Å². The largest absolute Gasteiger partial charge is 0.458 e. The minimum atomic E-state index is -6.33. The zero-order chi connectivity index (χ0) is 39.0. The first-order chi connectivity index (χ1) is 22.2. The van der Waals surface area contributed by atoms with Gasteiger partial charge < -0.3 is 38.6 Å². The zero-order valence-corrected chi connectivity index (χ0v) is 28.1. The zero-order valence-electron chi connectivity index (χ0n) is 28.1. The van der Waals surface area contributed by atoms with Crippen LogP contribution >= 0.6 is 0 Å². The first-order valence-corrected chi connectivity index (χ1v) is 15.1. The van der Waals surface area contributed by atoms with Gasteiger partial charge in [0.25, 0.3) is 5.60 Å². The summed E-state index contributed by atoms with van der Waals surface area (Å²) < 4.78 is 155. The molecule has 0 spiro atoms. The summed E-state index contributed by atoms with van der Waals surface area (Å²) in [6.45, 7) is 10.2. The van der Waals surface area contributed by atoms with Crippen LogP contribution in [0.3, 0.4) is 0 Å². The Morgan fingerprint density at radius 3 is 1.90 bits per heavy atom. The third kappa shape index (κ3) is 7.06. The standard InChI is InChI=1S/C30H39F9O11/c1-12(2)20(40)47-17-15-10-26(19(45-15)18(17)48-22(26)42)21(41)46-16(11-23(5,6)49-13(3)25(9,43)28(31,32)33)24(7,8)50-14(4)27(44,29(34,35)36)30(37,38)39/h13-19,43-44H,1,10-11H2,2-9H3. The molecule has 3 fully saturated rings. The van der Waals surface area contributed by atoms with Crippen molar-refractivity contribution in [1.82, 2.24) is 0 Å². The van der Waals surface area contributed by atoms with E-state index in [-0.39, 0.29) is 12.5 Å². The molecule has 0 aromatic heterocycles. The summed E-state index contributed by atoms with van der Waals surface area (Å²) in [7, 11) is 0. The number of carbonyl (C=O) groups excluding carboxylic acids is 3. The van der Waals surface area contributed by atoms with Gasteiger partial charge in [0.1, 0.15) is 30.0 Å². The number of esters is 3. The Kier molecular flexibility index (Phi) is 10.7. The Morgan fingerprint density at radius 2 is 1.44 bits per heavy atom. The molecule has 9 unspecified atom stereocenters. The number of hydrogen-bond acceptors (Lipinski definition) is 11. The van der Waals surface area contributed by atoms with Crippen LogP contribution in [-0.2, 0) is 42.8 Å². The maximum atomic E-state index is 13.9. The van der Waals surface area contributed by atoms with Crippen molar-refractivity contribution in [2.24, 2.45) is 5.41 Å². The van der Waals surface area contributed by atoms with Gasteiger partial charge in [0.15, 0.2) is 23.2 Å². The highest BCUT2D eigenvalue weighted by molar-refractivity contribution is 6.03. The highest BCUT2D eigenvalue weighted by Crippen LogP contribution is 2.57. The molecule has 288 valence electrons. The first kappa shape index (κ1) is 41.7. The van der Waals surface area contributed by atoms with Gasteiger partial charge in [-0.2, -0.15) is 39.5 Å². The second-order valence-corrected chi connectivity index (χ2v) is 14.2. The Bertz CT molecular complexity index is 1340. The molecule has 0 aromatic rings. The second kappa shape index (κ2) is 12.8. The predicted octanol–water partition coefficient (Wildman–Crippen LogP) is 4.40. The monoisotopic (exact) mass is 746 g/mol. The normalized spacial score (nSPS) is 28.8. The first-order valence-electron chi connectivity index (χ1n) is 15.1. The summed E-state index contributed by atoms with van der Waals surface area (Å²) in [4.78, 5) is 39.2. The lowest BCUT2D eigenvalue weighted by Crippen LogP contribution is -2.66. The summed E-state index contributed by atoms with van der Waals surface area (Å²) in [6, 6.07) is 0. The van der Waals surface area contributed by atoms with Crippen molar-refractivity contribution in [2.75, 3.05) is 0 Å². The van der Waals surface area contributed by atoms with E-state index in [0.717, 1.165) is 34.6 Å². The molecule has 2 N–H and O–H groups in total. The van der Waals surface area contributed by atoms with E-state index in [1.165, 1.54) is 6.92 Å². The minimum absolute atomic E-state index is 0.0130. The van der Waals surface area contributed by atoms with E-state index < -0.39 is 120 Å².